The molecule has 0 atom stereocenters. The summed E-state index contributed by atoms with van der Waals surface area (Å²) in [6.07, 6.45) is 1.36. The number of benzene rings is 3. The van der Waals surface area contributed by atoms with Gasteiger partial charge in [0, 0.05) is 30.6 Å². The van der Waals surface area contributed by atoms with Crippen molar-refractivity contribution in [1.29, 1.82) is 0 Å². The number of nitrogens with zero attached hydrogens (tertiary/aromatic N) is 3. The highest BCUT2D eigenvalue weighted by atomic mass is 35.5. The van der Waals surface area contributed by atoms with Gasteiger partial charge in [0.2, 0.25) is 5.91 Å². The standard InChI is InChI=1S/C28H27ClN4O2/c29-23-12-10-20(11-13-23)18-30-27(34)22-14-16-32(17-15-22)26-28(35)33(19-21-6-2-1-3-7-21)25-9-5-4-8-24(25)31-26/h1-13,22H,14-19H2,(H,30,34). The molecule has 4 aromatic rings. The Balaban J connectivity index is 1.30. The number of hydrogen-bond donors (Lipinski definition) is 1. The minimum atomic E-state index is -0.0989. The number of anilines is 1. The van der Waals surface area contributed by atoms with E-state index < -0.39 is 0 Å². The number of amides is 1. The molecule has 1 fully saturated rings. The first-order valence-electron chi connectivity index (χ1n) is 11.9. The number of hydrogen-bond acceptors (Lipinski definition) is 4. The molecule has 2 heterocycles. The molecule has 178 valence electrons. The van der Waals surface area contributed by atoms with Crippen molar-refractivity contribution in [2.75, 3.05) is 18.0 Å². The molecule has 6 nitrogen and oxygen atoms in total. The first-order valence-corrected chi connectivity index (χ1v) is 12.3. The fourth-order valence-corrected chi connectivity index (χ4v) is 4.72. The lowest BCUT2D eigenvalue weighted by Gasteiger charge is -2.32. The van der Waals surface area contributed by atoms with E-state index in [-0.39, 0.29) is 17.4 Å². The SMILES string of the molecule is O=C(NCc1ccc(Cl)cc1)C1CCN(c2nc3ccccc3n(Cc3ccccc3)c2=O)CC1. The van der Waals surface area contributed by atoms with E-state index in [2.05, 4.69) is 5.32 Å². The van der Waals surface area contributed by atoms with Crippen molar-refractivity contribution in [2.45, 2.75) is 25.9 Å². The topological polar surface area (TPSA) is 67.2 Å². The monoisotopic (exact) mass is 486 g/mol. The number of halogens is 1. The molecule has 1 aliphatic rings. The minimum Gasteiger partial charge on any atom is -0.352 e. The predicted octanol–water partition coefficient (Wildman–Crippen LogP) is 4.63. The zero-order chi connectivity index (χ0) is 24.2. The summed E-state index contributed by atoms with van der Waals surface area (Å²) in [6.45, 7) is 2.20. The lowest BCUT2D eigenvalue weighted by Crippen LogP contribution is -2.43. The van der Waals surface area contributed by atoms with Gasteiger partial charge < -0.3 is 10.2 Å². The molecule has 5 rings (SSSR count). The smallest absolute Gasteiger partial charge is 0.294 e. The quantitative estimate of drug-likeness (QED) is 0.431. The van der Waals surface area contributed by atoms with Gasteiger partial charge in [-0.1, -0.05) is 66.2 Å². The highest BCUT2D eigenvalue weighted by Crippen LogP contribution is 2.23. The number of nitrogens with one attached hydrogen (secondary N) is 1. The van der Waals surface area contributed by atoms with Crippen LogP contribution in [0.3, 0.4) is 0 Å². The van der Waals surface area contributed by atoms with Gasteiger partial charge in [0.05, 0.1) is 17.6 Å². The Morgan fingerprint density at radius 3 is 2.34 bits per heavy atom. The lowest BCUT2D eigenvalue weighted by molar-refractivity contribution is -0.125. The van der Waals surface area contributed by atoms with Gasteiger partial charge in [0.15, 0.2) is 5.82 Å². The van der Waals surface area contributed by atoms with Crippen LogP contribution in [0.5, 0.6) is 0 Å². The third-order valence-corrected chi connectivity index (χ3v) is 6.82. The third-order valence-electron chi connectivity index (χ3n) is 6.56. The highest BCUT2D eigenvalue weighted by Gasteiger charge is 2.27. The van der Waals surface area contributed by atoms with Crippen molar-refractivity contribution in [2.24, 2.45) is 5.92 Å². The fourth-order valence-electron chi connectivity index (χ4n) is 4.60. The van der Waals surface area contributed by atoms with E-state index in [1.807, 2.05) is 83.8 Å². The second kappa shape index (κ2) is 10.3. The molecule has 0 saturated carbocycles. The largest absolute Gasteiger partial charge is 0.352 e. The van der Waals surface area contributed by atoms with Crippen molar-refractivity contribution in [1.82, 2.24) is 14.9 Å². The Labute approximate surface area is 209 Å². The van der Waals surface area contributed by atoms with Gasteiger partial charge >= 0.3 is 0 Å². The van der Waals surface area contributed by atoms with E-state index in [1.54, 1.807) is 4.57 Å². The van der Waals surface area contributed by atoms with Gasteiger partial charge in [0.25, 0.3) is 5.56 Å². The molecule has 35 heavy (non-hydrogen) atoms. The molecule has 0 bridgehead atoms. The van der Waals surface area contributed by atoms with Crippen molar-refractivity contribution >= 4 is 34.4 Å². The average Bonchev–Trinajstić information content (AvgIpc) is 2.90. The second-order valence-corrected chi connectivity index (χ2v) is 9.34. The summed E-state index contributed by atoms with van der Waals surface area (Å²) < 4.78 is 1.80. The summed E-state index contributed by atoms with van der Waals surface area (Å²) >= 11 is 5.93. The van der Waals surface area contributed by atoms with Crippen LogP contribution in [0.4, 0.5) is 5.82 Å². The van der Waals surface area contributed by atoms with E-state index >= 15 is 0 Å². The molecule has 0 aliphatic carbocycles. The molecule has 1 amide bonds. The number of carbonyl (C=O) groups excluding carboxylic acids is 1. The van der Waals surface area contributed by atoms with Crippen LogP contribution in [0.1, 0.15) is 24.0 Å². The minimum absolute atomic E-state index is 0.0487. The molecule has 0 radical (unpaired) electrons. The number of piperidine rings is 1. The maximum atomic E-state index is 13.6. The molecule has 3 aromatic carbocycles. The third kappa shape index (κ3) is 5.23. The Morgan fingerprint density at radius 1 is 0.914 bits per heavy atom. The molecule has 1 saturated heterocycles. The van der Waals surface area contributed by atoms with Gasteiger partial charge in [0.1, 0.15) is 0 Å². The highest BCUT2D eigenvalue weighted by molar-refractivity contribution is 6.30. The van der Waals surface area contributed by atoms with Crippen molar-refractivity contribution in [3.63, 3.8) is 0 Å². The maximum absolute atomic E-state index is 13.6. The van der Waals surface area contributed by atoms with Gasteiger partial charge in [-0.25, -0.2) is 4.98 Å². The molecular formula is C28H27ClN4O2. The zero-order valence-electron chi connectivity index (χ0n) is 19.4. The first-order chi connectivity index (χ1) is 17.1. The summed E-state index contributed by atoms with van der Waals surface area (Å²) in [6, 6.07) is 25.2. The summed E-state index contributed by atoms with van der Waals surface area (Å²) in [7, 11) is 0. The summed E-state index contributed by atoms with van der Waals surface area (Å²) in [5.74, 6) is 0.428. The number of para-hydroxylation sites is 2. The number of rotatable bonds is 6. The molecule has 1 aliphatic heterocycles. The maximum Gasteiger partial charge on any atom is 0.294 e. The van der Waals surface area contributed by atoms with E-state index in [1.165, 1.54) is 0 Å². The van der Waals surface area contributed by atoms with Crippen molar-refractivity contribution in [3.8, 4) is 0 Å². The van der Waals surface area contributed by atoms with Crippen molar-refractivity contribution < 1.29 is 4.79 Å². The average molecular weight is 487 g/mol. The van der Waals surface area contributed by atoms with Crippen LogP contribution in [0.2, 0.25) is 5.02 Å². The van der Waals surface area contributed by atoms with Gasteiger partial charge in [-0.15, -0.1) is 0 Å². The summed E-state index contributed by atoms with van der Waals surface area (Å²) in [4.78, 5) is 33.1. The van der Waals surface area contributed by atoms with Crippen LogP contribution in [0, 0.1) is 5.92 Å². The van der Waals surface area contributed by atoms with Crippen LogP contribution < -0.4 is 15.8 Å². The number of fused-ring (bicyclic) bond motifs is 1. The Morgan fingerprint density at radius 2 is 1.60 bits per heavy atom. The van der Waals surface area contributed by atoms with Crippen LogP contribution in [-0.2, 0) is 17.9 Å². The number of aromatic nitrogens is 2. The van der Waals surface area contributed by atoms with E-state index in [0.29, 0.717) is 49.9 Å². The molecule has 1 aromatic heterocycles. The first kappa shape index (κ1) is 23.1. The second-order valence-electron chi connectivity index (χ2n) is 8.91. The van der Waals surface area contributed by atoms with E-state index in [9.17, 15) is 9.59 Å². The molecular weight excluding hydrogens is 460 g/mol. The normalized spacial score (nSPS) is 14.3. The van der Waals surface area contributed by atoms with Crippen LogP contribution in [-0.4, -0.2) is 28.5 Å². The summed E-state index contributed by atoms with van der Waals surface area (Å²) in [5, 5.41) is 3.71. The lowest BCUT2D eigenvalue weighted by atomic mass is 9.96. The van der Waals surface area contributed by atoms with Crippen LogP contribution >= 0.6 is 11.6 Å². The zero-order valence-corrected chi connectivity index (χ0v) is 20.1. The molecule has 7 heteroatoms. The molecule has 1 N–H and O–H groups in total. The van der Waals surface area contributed by atoms with Gasteiger partial charge in [-0.05, 0) is 48.2 Å². The summed E-state index contributed by atoms with van der Waals surface area (Å²) in [5.41, 5.74) is 3.59. The Kier molecular flexibility index (Phi) is 6.82. The van der Waals surface area contributed by atoms with Gasteiger partial charge in [-0.3, -0.25) is 14.2 Å². The Hall–Kier alpha value is -3.64. The van der Waals surface area contributed by atoms with E-state index in [0.717, 1.165) is 22.2 Å². The van der Waals surface area contributed by atoms with Gasteiger partial charge in [-0.2, -0.15) is 0 Å². The van der Waals surface area contributed by atoms with Crippen LogP contribution in [0.25, 0.3) is 11.0 Å². The van der Waals surface area contributed by atoms with Crippen molar-refractivity contribution in [3.05, 3.63) is 105 Å². The predicted molar refractivity (Wildman–Crippen MR) is 140 cm³/mol. The van der Waals surface area contributed by atoms with Crippen LogP contribution in [0.15, 0.2) is 83.7 Å². The molecule has 0 spiro atoms. The fraction of sp³-hybridized carbons (Fsp3) is 0.250. The van der Waals surface area contributed by atoms with E-state index in [4.69, 9.17) is 16.6 Å². The molecule has 0 unspecified atom stereocenters. The Bertz CT molecular complexity index is 1380. The number of carbonyl (C=O) groups is 1.